The lowest BCUT2D eigenvalue weighted by molar-refractivity contribution is -0.117. The van der Waals surface area contributed by atoms with Gasteiger partial charge < -0.3 is 5.73 Å². The lowest BCUT2D eigenvalue weighted by atomic mass is 10.0. The van der Waals surface area contributed by atoms with Crippen LogP contribution in [0.4, 0.5) is 5.95 Å². The Hall–Kier alpha value is -1.43. The van der Waals surface area contributed by atoms with Crippen molar-refractivity contribution < 1.29 is 4.79 Å². The average molecular weight is 211 g/mol. The van der Waals surface area contributed by atoms with Crippen molar-refractivity contribution in [3.05, 3.63) is 6.33 Å². The van der Waals surface area contributed by atoms with Gasteiger partial charge in [0.05, 0.1) is 6.04 Å². The summed E-state index contributed by atoms with van der Waals surface area (Å²) < 4.78 is 1.49. The number of carbonyl (C=O) groups is 1. The normalized spacial score (nSPS) is 12.9. The first kappa shape index (κ1) is 11.6. The first-order valence-electron chi connectivity index (χ1n) is 4.91. The zero-order chi connectivity index (χ0) is 11.4. The van der Waals surface area contributed by atoms with Gasteiger partial charge in [-0.05, 0) is 12.3 Å². The van der Waals surface area contributed by atoms with E-state index >= 15 is 0 Å². The highest BCUT2D eigenvalue weighted by atomic mass is 16.2. The molecule has 84 valence electrons. The monoisotopic (exact) mass is 211 g/mol. The lowest BCUT2D eigenvalue weighted by Gasteiger charge is -2.13. The number of hydrogen-bond acceptors (Lipinski definition) is 4. The maximum absolute atomic E-state index is 11.6. The van der Waals surface area contributed by atoms with E-state index in [0.29, 0.717) is 18.3 Å². The first-order chi connectivity index (χ1) is 7.00. The molecule has 1 aromatic rings. The number of aromatic nitrogens is 3. The summed E-state index contributed by atoms with van der Waals surface area (Å²) >= 11 is 0. The summed E-state index contributed by atoms with van der Waals surface area (Å²) in [6.45, 7) is 4.05. The first-order valence-corrected chi connectivity index (χ1v) is 4.91. The van der Waals surface area contributed by atoms with Crippen LogP contribution in [-0.2, 0) is 11.8 Å². The molecule has 0 aliphatic carbocycles. The third kappa shape index (κ3) is 3.32. The quantitative estimate of drug-likeness (QED) is 0.741. The molecule has 1 amide bonds. The van der Waals surface area contributed by atoms with Crippen molar-refractivity contribution in [3.8, 4) is 0 Å². The van der Waals surface area contributed by atoms with Crippen LogP contribution in [0.5, 0.6) is 0 Å². The SMILES string of the molecule is CC(C)C[C@H](N)C(=O)Nc1ncnn1C. The maximum Gasteiger partial charge on any atom is 0.243 e. The average Bonchev–Trinajstić information content (AvgIpc) is 2.50. The number of amides is 1. The van der Waals surface area contributed by atoms with Crippen molar-refractivity contribution in [2.75, 3.05) is 5.32 Å². The van der Waals surface area contributed by atoms with Gasteiger partial charge in [-0.25, -0.2) is 4.68 Å². The number of nitrogens with two attached hydrogens (primary N) is 1. The van der Waals surface area contributed by atoms with Crippen LogP contribution < -0.4 is 11.1 Å². The number of nitrogens with one attached hydrogen (secondary N) is 1. The summed E-state index contributed by atoms with van der Waals surface area (Å²) in [6, 6.07) is -0.498. The third-order valence-corrected chi connectivity index (χ3v) is 2.01. The Labute approximate surface area is 88.9 Å². The number of nitrogens with zero attached hydrogens (tertiary/aromatic N) is 3. The standard InChI is InChI=1S/C9H17N5O/c1-6(2)4-7(10)8(15)13-9-11-5-12-14(9)3/h5-7H,4,10H2,1-3H3,(H,11,12,13,15)/t7-/m0/s1. The topological polar surface area (TPSA) is 85.8 Å². The minimum absolute atomic E-state index is 0.222. The van der Waals surface area contributed by atoms with Crippen LogP contribution in [0.15, 0.2) is 6.33 Å². The number of carbonyl (C=O) groups excluding carboxylic acids is 1. The molecule has 0 saturated carbocycles. The van der Waals surface area contributed by atoms with Gasteiger partial charge in [0.2, 0.25) is 11.9 Å². The lowest BCUT2D eigenvalue weighted by Crippen LogP contribution is -2.37. The zero-order valence-electron chi connectivity index (χ0n) is 9.27. The van der Waals surface area contributed by atoms with Gasteiger partial charge in [-0.2, -0.15) is 10.1 Å². The molecule has 0 bridgehead atoms. The minimum Gasteiger partial charge on any atom is -0.320 e. The predicted octanol–water partition coefficient (Wildman–Crippen LogP) is 0.127. The van der Waals surface area contributed by atoms with Crippen LogP contribution in [0.25, 0.3) is 0 Å². The molecule has 0 unspecified atom stereocenters. The molecule has 6 nitrogen and oxygen atoms in total. The van der Waals surface area contributed by atoms with E-state index in [1.165, 1.54) is 11.0 Å². The summed E-state index contributed by atoms with van der Waals surface area (Å²) in [5.74, 6) is 0.587. The Kier molecular flexibility index (Phi) is 3.79. The highest BCUT2D eigenvalue weighted by Crippen LogP contribution is 2.05. The number of rotatable bonds is 4. The van der Waals surface area contributed by atoms with E-state index in [0.717, 1.165) is 0 Å². The van der Waals surface area contributed by atoms with Crippen molar-refractivity contribution in [3.63, 3.8) is 0 Å². The minimum atomic E-state index is -0.498. The molecular formula is C9H17N5O. The summed E-state index contributed by atoms with van der Waals surface area (Å²) in [7, 11) is 1.70. The van der Waals surface area contributed by atoms with Gasteiger partial charge in [0, 0.05) is 7.05 Å². The highest BCUT2D eigenvalue weighted by molar-refractivity contribution is 5.93. The Morgan fingerprint density at radius 1 is 1.67 bits per heavy atom. The van der Waals surface area contributed by atoms with Crippen molar-refractivity contribution in [1.29, 1.82) is 0 Å². The fraction of sp³-hybridized carbons (Fsp3) is 0.667. The van der Waals surface area contributed by atoms with Gasteiger partial charge in [0.1, 0.15) is 6.33 Å². The van der Waals surface area contributed by atoms with Gasteiger partial charge in [-0.3, -0.25) is 10.1 Å². The molecular weight excluding hydrogens is 194 g/mol. The predicted molar refractivity (Wildman–Crippen MR) is 57.1 cm³/mol. The van der Waals surface area contributed by atoms with Crippen molar-refractivity contribution in [2.45, 2.75) is 26.3 Å². The molecule has 1 rings (SSSR count). The number of anilines is 1. The maximum atomic E-state index is 11.6. The Morgan fingerprint density at radius 2 is 2.33 bits per heavy atom. The van der Waals surface area contributed by atoms with Gasteiger partial charge in [0.25, 0.3) is 0 Å². The Bertz CT molecular complexity index is 333. The second-order valence-corrected chi connectivity index (χ2v) is 3.93. The van der Waals surface area contributed by atoms with Gasteiger partial charge >= 0.3 is 0 Å². The van der Waals surface area contributed by atoms with Gasteiger partial charge in [-0.1, -0.05) is 13.8 Å². The third-order valence-electron chi connectivity index (χ3n) is 2.01. The fourth-order valence-corrected chi connectivity index (χ4v) is 1.23. The molecule has 3 N–H and O–H groups in total. The largest absolute Gasteiger partial charge is 0.320 e. The van der Waals surface area contributed by atoms with Crippen LogP contribution >= 0.6 is 0 Å². The molecule has 1 atom stereocenters. The molecule has 0 radical (unpaired) electrons. The van der Waals surface area contributed by atoms with Crippen LogP contribution in [0.3, 0.4) is 0 Å². The number of hydrogen-bond donors (Lipinski definition) is 2. The number of aryl methyl sites for hydroxylation is 1. The Balaban J connectivity index is 2.52. The summed E-state index contributed by atoms with van der Waals surface area (Å²) in [5, 5.41) is 6.46. The van der Waals surface area contributed by atoms with Crippen LogP contribution in [0.2, 0.25) is 0 Å². The highest BCUT2D eigenvalue weighted by Gasteiger charge is 2.16. The van der Waals surface area contributed by atoms with Crippen molar-refractivity contribution in [1.82, 2.24) is 14.8 Å². The van der Waals surface area contributed by atoms with Crippen molar-refractivity contribution >= 4 is 11.9 Å². The van der Waals surface area contributed by atoms with Crippen molar-refractivity contribution in [2.24, 2.45) is 18.7 Å². The molecule has 0 fully saturated rings. The Morgan fingerprint density at radius 3 is 2.80 bits per heavy atom. The molecule has 0 saturated heterocycles. The van der Waals surface area contributed by atoms with E-state index in [9.17, 15) is 4.79 Å². The van der Waals surface area contributed by atoms with Crippen LogP contribution in [0.1, 0.15) is 20.3 Å². The van der Waals surface area contributed by atoms with E-state index in [1.807, 2.05) is 13.8 Å². The second kappa shape index (κ2) is 4.88. The summed E-state index contributed by atoms with van der Waals surface area (Å²) in [4.78, 5) is 15.5. The smallest absolute Gasteiger partial charge is 0.243 e. The molecule has 1 aromatic heterocycles. The van der Waals surface area contributed by atoms with Gasteiger partial charge in [-0.15, -0.1) is 0 Å². The van der Waals surface area contributed by atoms with E-state index in [1.54, 1.807) is 7.05 Å². The zero-order valence-corrected chi connectivity index (χ0v) is 9.27. The molecule has 0 spiro atoms. The molecule has 15 heavy (non-hydrogen) atoms. The summed E-state index contributed by atoms with van der Waals surface area (Å²) in [5.41, 5.74) is 5.72. The van der Waals surface area contributed by atoms with E-state index in [2.05, 4.69) is 15.4 Å². The molecule has 6 heteroatoms. The molecule has 0 aliphatic rings. The van der Waals surface area contributed by atoms with Crippen LogP contribution in [-0.4, -0.2) is 26.7 Å². The molecule has 0 aliphatic heterocycles. The van der Waals surface area contributed by atoms with Crippen LogP contribution in [0, 0.1) is 5.92 Å². The molecule has 1 heterocycles. The molecule has 0 aromatic carbocycles. The summed E-state index contributed by atoms with van der Waals surface area (Å²) in [6.07, 6.45) is 2.03. The van der Waals surface area contributed by atoms with Gasteiger partial charge in [0.15, 0.2) is 0 Å². The second-order valence-electron chi connectivity index (χ2n) is 3.93. The van der Waals surface area contributed by atoms with E-state index < -0.39 is 6.04 Å². The fourth-order valence-electron chi connectivity index (χ4n) is 1.23. The van der Waals surface area contributed by atoms with E-state index in [-0.39, 0.29) is 5.91 Å². The van der Waals surface area contributed by atoms with E-state index in [4.69, 9.17) is 5.73 Å².